The maximum absolute atomic E-state index is 2.46. The van der Waals surface area contributed by atoms with Crippen LogP contribution in [-0.2, 0) is 0 Å². The number of benzene rings is 7. The molecule has 0 saturated carbocycles. The molecule has 8 rings (SSSR count). The highest BCUT2D eigenvalue weighted by molar-refractivity contribution is 6.22. The van der Waals surface area contributed by atoms with Crippen molar-refractivity contribution in [3.8, 4) is 16.8 Å². The highest BCUT2D eigenvalue weighted by Gasteiger charge is 2.22. The van der Waals surface area contributed by atoms with E-state index in [1.807, 2.05) is 0 Å². The molecule has 0 saturated heterocycles. The van der Waals surface area contributed by atoms with Crippen molar-refractivity contribution in [2.75, 3.05) is 4.90 Å². The lowest BCUT2D eigenvalue weighted by Crippen LogP contribution is -2.10. The molecule has 0 unspecified atom stereocenters. The molecule has 1 heterocycles. The van der Waals surface area contributed by atoms with E-state index in [2.05, 4.69) is 179 Å². The molecule has 0 N–H and O–H groups in total. The average Bonchev–Trinajstić information content (AvgIpc) is 3.42. The average molecular weight is 537 g/mol. The van der Waals surface area contributed by atoms with E-state index in [0.29, 0.717) is 0 Å². The first-order valence-electron chi connectivity index (χ1n) is 14.4. The Balaban J connectivity index is 1.49. The first kappa shape index (κ1) is 24.2. The minimum atomic E-state index is 1.13. The van der Waals surface area contributed by atoms with Gasteiger partial charge >= 0.3 is 0 Å². The highest BCUT2D eigenvalue weighted by atomic mass is 15.1. The molecular weight excluding hydrogens is 508 g/mol. The molecule has 0 aliphatic heterocycles. The molecule has 0 atom stereocenters. The fourth-order valence-electron chi connectivity index (χ4n) is 6.30. The van der Waals surface area contributed by atoms with E-state index in [9.17, 15) is 0 Å². The Morgan fingerprint density at radius 1 is 0.429 bits per heavy atom. The van der Waals surface area contributed by atoms with Gasteiger partial charge in [-0.3, -0.25) is 0 Å². The number of para-hydroxylation sites is 2. The van der Waals surface area contributed by atoms with E-state index in [1.54, 1.807) is 0 Å². The number of nitrogens with zero attached hydrogens (tertiary/aromatic N) is 2. The van der Waals surface area contributed by atoms with Crippen molar-refractivity contribution < 1.29 is 0 Å². The van der Waals surface area contributed by atoms with Gasteiger partial charge < -0.3 is 9.47 Å². The molecule has 0 fully saturated rings. The molecule has 198 valence electrons. The third-order valence-corrected chi connectivity index (χ3v) is 8.14. The fraction of sp³-hybridized carbons (Fsp3) is 0. The third-order valence-electron chi connectivity index (χ3n) is 8.14. The zero-order valence-electron chi connectivity index (χ0n) is 23.1. The van der Waals surface area contributed by atoms with Crippen LogP contribution in [0, 0.1) is 0 Å². The number of anilines is 3. The minimum Gasteiger partial charge on any atom is -0.310 e. The predicted molar refractivity (Wildman–Crippen MR) is 178 cm³/mol. The van der Waals surface area contributed by atoms with Gasteiger partial charge in [0.15, 0.2) is 0 Å². The summed E-state index contributed by atoms with van der Waals surface area (Å²) in [5.74, 6) is 0. The van der Waals surface area contributed by atoms with Gasteiger partial charge in [0.1, 0.15) is 0 Å². The Labute approximate surface area is 245 Å². The lowest BCUT2D eigenvalue weighted by atomic mass is 10.0. The van der Waals surface area contributed by atoms with Crippen molar-refractivity contribution in [2.45, 2.75) is 0 Å². The maximum Gasteiger partial charge on any atom is 0.0620 e. The van der Waals surface area contributed by atoms with Gasteiger partial charge in [-0.25, -0.2) is 0 Å². The van der Waals surface area contributed by atoms with Crippen molar-refractivity contribution in [3.63, 3.8) is 0 Å². The van der Waals surface area contributed by atoms with Gasteiger partial charge in [0, 0.05) is 33.2 Å². The molecule has 2 heteroatoms. The molecule has 0 radical (unpaired) electrons. The van der Waals surface area contributed by atoms with Crippen LogP contribution in [-0.4, -0.2) is 4.57 Å². The lowest BCUT2D eigenvalue weighted by molar-refractivity contribution is 1.19. The predicted octanol–water partition coefficient (Wildman–Crippen LogP) is 11.1. The Hall–Kier alpha value is -5.60. The second-order valence-electron chi connectivity index (χ2n) is 10.6. The molecule has 0 amide bonds. The summed E-state index contributed by atoms with van der Waals surface area (Å²) in [5.41, 5.74) is 9.38. The van der Waals surface area contributed by atoms with Crippen LogP contribution in [0.25, 0.3) is 49.4 Å². The van der Waals surface area contributed by atoms with Crippen LogP contribution in [0.1, 0.15) is 0 Å². The number of aromatic nitrogens is 1. The molecule has 0 aliphatic rings. The van der Waals surface area contributed by atoms with Crippen molar-refractivity contribution >= 4 is 49.6 Å². The smallest absolute Gasteiger partial charge is 0.0620 e. The molecule has 2 nitrogen and oxygen atoms in total. The van der Waals surface area contributed by atoms with Crippen molar-refractivity contribution in [2.24, 2.45) is 0 Å². The number of hydrogen-bond acceptors (Lipinski definition) is 1. The largest absolute Gasteiger partial charge is 0.310 e. The molecule has 0 aliphatic carbocycles. The van der Waals surface area contributed by atoms with Crippen LogP contribution >= 0.6 is 0 Å². The van der Waals surface area contributed by atoms with E-state index in [1.165, 1.54) is 43.7 Å². The van der Waals surface area contributed by atoms with Crippen LogP contribution in [0.15, 0.2) is 170 Å². The summed E-state index contributed by atoms with van der Waals surface area (Å²) in [6, 6.07) is 60.8. The molecule has 42 heavy (non-hydrogen) atoms. The first-order chi connectivity index (χ1) is 20.9. The molecule has 8 aromatic rings. The monoisotopic (exact) mass is 536 g/mol. The van der Waals surface area contributed by atoms with E-state index in [-0.39, 0.29) is 0 Å². The first-order valence-corrected chi connectivity index (χ1v) is 14.4. The van der Waals surface area contributed by atoms with Crippen LogP contribution < -0.4 is 4.90 Å². The van der Waals surface area contributed by atoms with Crippen LogP contribution in [0.3, 0.4) is 0 Å². The maximum atomic E-state index is 2.46. The Kier molecular flexibility index (Phi) is 5.82. The van der Waals surface area contributed by atoms with Gasteiger partial charge in [-0.05, 0) is 65.0 Å². The molecule has 0 spiro atoms. The van der Waals surface area contributed by atoms with Gasteiger partial charge in [0.2, 0.25) is 0 Å². The van der Waals surface area contributed by atoms with Gasteiger partial charge in [-0.15, -0.1) is 0 Å². The van der Waals surface area contributed by atoms with E-state index >= 15 is 0 Å². The van der Waals surface area contributed by atoms with E-state index in [4.69, 9.17) is 0 Å². The molecule has 1 aromatic heterocycles. The topological polar surface area (TPSA) is 8.17 Å². The van der Waals surface area contributed by atoms with Crippen LogP contribution in [0.5, 0.6) is 0 Å². The number of fused-ring (bicyclic) bond motifs is 5. The minimum absolute atomic E-state index is 1.13. The van der Waals surface area contributed by atoms with Crippen molar-refractivity contribution in [1.82, 2.24) is 4.57 Å². The summed E-state index contributed by atoms with van der Waals surface area (Å²) in [5, 5.41) is 4.95. The summed E-state index contributed by atoms with van der Waals surface area (Å²) in [7, 11) is 0. The van der Waals surface area contributed by atoms with Gasteiger partial charge in [0.25, 0.3) is 0 Å². The quantitative estimate of drug-likeness (QED) is 0.212. The van der Waals surface area contributed by atoms with Gasteiger partial charge in [-0.1, -0.05) is 121 Å². The second kappa shape index (κ2) is 10.1. The summed E-state index contributed by atoms with van der Waals surface area (Å²) in [6.45, 7) is 0. The highest BCUT2D eigenvalue weighted by Crippen LogP contribution is 2.45. The zero-order valence-corrected chi connectivity index (χ0v) is 23.1. The summed E-state index contributed by atoms with van der Waals surface area (Å²) in [6.07, 6.45) is 0. The van der Waals surface area contributed by atoms with E-state index in [0.717, 1.165) is 22.7 Å². The summed E-state index contributed by atoms with van der Waals surface area (Å²) in [4.78, 5) is 2.38. The molecule has 0 bridgehead atoms. The van der Waals surface area contributed by atoms with Crippen LogP contribution in [0.4, 0.5) is 17.1 Å². The number of hydrogen-bond donors (Lipinski definition) is 0. The third kappa shape index (κ3) is 3.96. The summed E-state index contributed by atoms with van der Waals surface area (Å²) < 4.78 is 2.46. The van der Waals surface area contributed by atoms with E-state index < -0.39 is 0 Å². The zero-order chi connectivity index (χ0) is 27.9. The number of rotatable bonds is 5. The van der Waals surface area contributed by atoms with Gasteiger partial charge in [-0.2, -0.15) is 0 Å². The fourth-order valence-corrected chi connectivity index (χ4v) is 6.30. The summed E-state index contributed by atoms with van der Waals surface area (Å²) >= 11 is 0. The Morgan fingerprint density at radius 3 is 1.79 bits per heavy atom. The molecule has 7 aromatic carbocycles. The van der Waals surface area contributed by atoms with Crippen molar-refractivity contribution in [3.05, 3.63) is 170 Å². The van der Waals surface area contributed by atoms with Crippen LogP contribution in [0.2, 0.25) is 0 Å². The SMILES string of the molecule is c1ccc(-c2cccc(-n3c4cccc(N(c5ccccc5)c5ccccc5)c4c4ccc5ccccc5c43)c2)cc1. The Morgan fingerprint density at radius 2 is 1.05 bits per heavy atom. The normalized spacial score (nSPS) is 11.3. The second-order valence-corrected chi connectivity index (χ2v) is 10.6. The lowest BCUT2D eigenvalue weighted by Gasteiger charge is -2.26. The Bertz CT molecular complexity index is 2140. The van der Waals surface area contributed by atoms with Crippen molar-refractivity contribution in [1.29, 1.82) is 0 Å². The standard InChI is InChI=1S/C40H28N2/c1-4-14-29(15-5-1)31-17-12-22-34(28-31)42-38-25-13-24-37(39(38)36-27-26-30-16-10-11-23-35(30)40(36)42)41(32-18-6-2-7-19-32)33-20-8-3-9-21-33/h1-28H. The molecular formula is C40H28N2. The van der Waals surface area contributed by atoms with Gasteiger partial charge in [0.05, 0.1) is 16.7 Å².